The van der Waals surface area contributed by atoms with Crippen LogP contribution < -0.4 is 10.5 Å². The van der Waals surface area contributed by atoms with E-state index >= 15 is 0 Å². The molecule has 1 aromatic carbocycles. The Morgan fingerprint density at radius 2 is 2.43 bits per heavy atom. The fourth-order valence-corrected chi connectivity index (χ4v) is 1.79. The second kappa shape index (κ2) is 3.59. The summed E-state index contributed by atoms with van der Waals surface area (Å²) in [4.78, 5) is 0. The average Bonchev–Trinajstić information content (AvgIpc) is 2.55. The minimum Gasteiger partial charge on any atom is -0.490 e. The van der Waals surface area contributed by atoms with Crippen LogP contribution in [0.5, 0.6) is 5.75 Å². The van der Waals surface area contributed by atoms with Crippen molar-refractivity contribution >= 4 is 0 Å². The zero-order valence-electron chi connectivity index (χ0n) is 8.23. The van der Waals surface area contributed by atoms with Gasteiger partial charge in [-0.05, 0) is 30.2 Å². The number of ether oxygens (including phenoxy) is 1. The molecule has 2 atom stereocenters. The van der Waals surface area contributed by atoms with Crippen LogP contribution in [0.3, 0.4) is 0 Å². The van der Waals surface area contributed by atoms with Crippen LogP contribution in [-0.4, -0.2) is 17.8 Å². The van der Waals surface area contributed by atoms with E-state index in [0.29, 0.717) is 0 Å². The Bertz CT molecular complexity index is 338. The topological polar surface area (TPSA) is 55.5 Å². The smallest absolute Gasteiger partial charge is 0.123 e. The van der Waals surface area contributed by atoms with Crippen molar-refractivity contribution < 1.29 is 9.84 Å². The molecule has 0 spiro atoms. The lowest BCUT2D eigenvalue weighted by Gasteiger charge is -2.08. The summed E-state index contributed by atoms with van der Waals surface area (Å²) in [7, 11) is 0. The molecule has 0 aromatic heterocycles. The van der Waals surface area contributed by atoms with Gasteiger partial charge in [-0.15, -0.1) is 0 Å². The van der Waals surface area contributed by atoms with Crippen LogP contribution >= 0.6 is 0 Å². The van der Waals surface area contributed by atoms with Gasteiger partial charge in [0.1, 0.15) is 11.9 Å². The summed E-state index contributed by atoms with van der Waals surface area (Å²) in [5.74, 6) is 0.936. The molecular weight excluding hydrogens is 178 g/mol. The van der Waals surface area contributed by atoms with Crippen LogP contribution in [0.4, 0.5) is 0 Å². The number of hydrogen-bond acceptors (Lipinski definition) is 3. The molecule has 1 aromatic rings. The molecule has 1 aliphatic rings. The van der Waals surface area contributed by atoms with E-state index in [2.05, 4.69) is 0 Å². The van der Waals surface area contributed by atoms with Crippen LogP contribution in [0.15, 0.2) is 18.2 Å². The molecule has 3 N–H and O–H groups in total. The third kappa shape index (κ3) is 1.61. The number of benzene rings is 1. The van der Waals surface area contributed by atoms with Crippen molar-refractivity contribution in [2.24, 2.45) is 5.73 Å². The summed E-state index contributed by atoms with van der Waals surface area (Å²) in [5, 5.41) is 9.56. The van der Waals surface area contributed by atoms with Crippen molar-refractivity contribution in [2.45, 2.75) is 25.6 Å². The summed E-state index contributed by atoms with van der Waals surface area (Å²) in [6.45, 7) is 2.30. The second-order valence-electron chi connectivity index (χ2n) is 3.75. The number of rotatable bonds is 2. The van der Waals surface area contributed by atoms with Gasteiger partial charge in [0, 0.05) is 13.0 Å². The van der Waals surface area contributed by atoms with Crippen molar-refractivity contribution in [3.8, 4) is 5.75 Å². The molecule has 2 rings (SSSR count). The van der Waals surface area contributed by atoms with E-state index in [1.54, 1.807) is 0 Å². The van der Waals surface area contributed by atoms with Gasteiger partial charge in [-0.3, -0.25) is 0 Å². The van der Waals surface area contributed by atoms with Gasteiger partial charge in [0.05, 0.1) is 6.10 Å². The lowest BCUT2D eigenvalue weighted by Crippen LogP contribution is -2.11. The SMILES string of the molecule is CC1Cc2cc([C@H](O)CN)ccc2O1. The Balaban J connectivity index is 2.28. The van der Waals surface area contributed by atoms with E-state index in [1.807, 2.05) is 25.1 Å². The Morgan fingerprint density at radius 1 is 1.64 bits per heavy atom. The average molecular weight is 193 g/mol. The van der Waals surface area contributed by atoms with Gasteiger partial charge in [0.15, 0.2) is 0 Å². The molecule has 0 amide bonds. The number of aliphatic hydroxyl groups is 1. The largest absolute Gasteiger partial charge is 0.490 e. The zero-order valence-corrected chi connectivity index (χ0v) is 8.23. The van der Waals surface area contributed by atoms with Gasteiger partial charge in [-0.25, -0.2) is 0 Å². The molecule has 0 saturated heterocycles. The van der Waals surface area contributed by atoms with Gasteiger partial charge in [0.25, 0.3) is 0 Å². The van der Waals surface area contributed by atoms with E-state index in [4.69, 9.17) is 10.5 Å². The fraction of sp³-hybridized carbons (Fsp3) is 0.455. The second-order valence-corrected chi connectivity index (χ2v) is 3.75. The van der Waals surface area contributed by atoms with Crippen LogP contribution in [-0.2, 0) is 6.42 Å². The summed E-state index contributed by atoms with van der Waals surface area (Å²) >= 11 is 0. The molecule has 0 bridgehead atoms. The highest BCUT2D eigenvalue weighted by Crippen LogP contribution is 2.30. The molecular formula is C11H15NO2. The lowest BCUT2D eigenvalue weighted by molar-refractivity contribution is 0.186. The first kappa shape index (κ1) is 9.49. The van der Waals surface area contributed by atoms with Gasteiger partial charge < -0.3 is 15.6 Å². The molecule has 0 fully saturated rings. The van der Waals surface area contributed by atoms with Gasteiger partial charge in [-0.2, -0.15) is 0 Å². The monoisotopic (exact) mass is 193 g/mol. The summed E-state index contributed by atoms with van der Waals surface area (Å²) in [5.41, 5.74) is 7.44. The van der Waals surface area contributed by atoms with Crippen molar-refractivity contribution in [3.05, 3.63) is 29.3 Å². The Labute approximate surface area is 83.5 Å². The predicted molar refractivity (Wildman–Crippen MR) is 54.3 cm³/mol. The molecule has 0 aliphatic carbocycles. The highest BCUT2D eigenvalue weighted by Gasteiger charge is 2.19. The number of hydrogen-bond donors (Lipinski definition) is 2. The van der Waals surface area contributed by atoms with Gasteiger partial charge >= 0.3 is 0 Å². The van der Waals surface area contributed by atoms with Crippen LogP contribution in [0.2, 0.25) is 0 Å². The summed E-state index contributed by atoms with van der Waals surface area (Å²) in [6.07, 6.45) is 0.604. The standard InChI is InChI=1S/C11H15NO2/c1-7-4-9-5-8(10(13)6-12)2-3-11(9)14-7/h2-3,5,7,10,13H,4,6,12H2,1H3/t7?,10-/m1/s1. The maximum atomic E-state index is 9.56. The third-order valence-electron chi connectivity index (χ3n) is 2.53. The Morgan fingerprint density at radius 3 is 3.14 bits per heavy atom. The first-order valence-corrected chi connectivity index (χ1v) is 4.88. The minimum absolute atomic E-state index is 0.246. The maximum absolute atomic E-state index is 9.56. The van der Waals surface area contributed by atoms with Crippen molar-refractivity contribution in [3.63, 3.8) is 0 Å². The van der Waals surface area contributed by atoms with Gasteiger partial charge in [-0.1, -0.05) is 6.07 Å². The lowest BCUT2D eigenvalue weighted by atomic mass is 10.0. The van der Waals surface area contributed by atoms with Crippen LogP contribution in [0.1, 0.15) is 24.2 Å². The van der Waals surface area contributed by atoms with E-state index in [9.17, 15) is 5.11 Å². The van der Waals surface area contributed by atoms with E-state index in [1.165, 1.54) is 5.56 Å². The summed E-state index contributed by atoms with van der Waals surface area (Å²) in [6, 6.07) is 5.76. The molecule has 1 heterocycles. The molecule has 1 unspecified atom stereocenters. The number of nitrogens with two attached hydrogens (primary N) is 1. The Kier molecular flexibility index (Phi) is 2.44. The molecule has 0 radical (unpaired) electrons. The van der Waals surface area contributed by atoms with E-state index in [0.717, 1.165) is 17.7 Å². The molecule has 3 heteroatoms. The molecule has 3 nitrogen and oxygen atoms in total. The molecule has 0 saturated carbocycles. The quantitative estimate of drug-likeness (QED) is 0.736. The summed E-state index contributed by atoms with van der Waals surface area (Å²) < 4.78 is 5.56. The van der Waals surface area contributed by atoms with E-state index in [-0.39, 0.29) is 12.6 Å². The van der Waals surface area contributed by atoms with Gasteiger partial charge in [0.2, 0.25) is 0 Å². The highest BCUT2D eigenvalue weighted by atomic mass is 16.5. The predicted octanol–water partition coefficient (Wildman–Crippen LogP) is 1.00. The first-order valence-electron chi connectivity index (χ1n) is 4.88. The molecule has 14 heavy (non-hydrogen) atoms. The van der Waals surface area contributed by atoms with Crippen LogP contribution in [0, 0.1) is 0 Å². The normalized spacial score (nSPS) is 21.5. The zero-order chi connectivity index (χ0) is 10.1. The maximum Gasteiger partial charge on any atom is 0.123 e. The molecule has 1 aliphatic heterocycles. The van der Waals surface area contributed by atoms with Crippen molar-refractivity contribution in [2.75, 3.05) is 6.54 Å². The first-order chi connectivity index (χ1) is 6.70. The number of fused-ring (bicyclic) bond motifs is 1. The minimum atomic E-state index is -0.559. The Hall–Kier alpha value is -1.06. The highest BCUT2D eigenvalue weighted by molar-refractivity contribution is 5.41. The number of aliphatic hydroxyl groups excluding tert-OH is 1. The fourth-order valence-electron chi connectivity index (χ4n) is 1.79. The van der Waals surface area contributed by atoms with E-state index < -0.39 is 6.10 Å². The van der Waals surface area contributed by atoms with Crippen LogP contribution in [0.25, 0.3) is 0 Å². The third-order valence-corrected chi connectivity index (χ3v) is 2.53. The van der Waals surface area contributed by atoms with Crippen molar-refractivity contribution in [1.82, 2.24) is 0 Å². The molecule has 76 valence electrons. The van der Waals surface area contributed by atoms with Crippen molar-refractivity contribution in [1.29, 1.82) is 0 Å².